The molecule has 3 N–H and O–H groups in total. The van der Waals surface area contributed by atoms with Crippen LogP contribution in [0.4, 0.5) is 5.82 Å². The summed E-state index contributed by atoms with van der Waals surface area (Å²) in [4.78, 5) is 4.01. The Kier molecular flexibility index (Phi) is 4.77. The first kappa shape index (κ1) is 14.7. The monoisotopic (exact) mass is 348 g/mol. The molecule has 1 unspecified atom stereocenters. The number of hydrogen-bond acceptors (Lipinski definition) is 4. The molecule has 2 heterocycles. The lowest BCUT2D eigenvalue weighted by atomic mass is 10.0. The van der Waals surface area contributed by atoms with Gasteiger partial charge in [-0.15, -0.1) is 0 Å². The van der Waals surface area contributed by atoms with Crippen molar-refractivity contribution in [2.24, 2.45) is 11.7 Å². The Balaban J connectivity index is 2.12. The molecule has 0 bridgehead atoms. The molecule has 1 aromatic rings. The lowest BCUT2D eigenvalue weighted by molar-refractivity contribution is 0.273. The van der Waals surface area contributed by atoms with Crippen molar-refractivity contribution in [2.45, 2.75) is 12.8 Å². The van der Waals surface area contributed by atoms with Crippen molar-refractivity contribution in [1.29, 1.82) is 0 Å². The number of nitrogens with two attached hydrogens (primary N) is 1. The van der Waals surface area contributed by atoms with Gasteiger partial charge in [0.2, 0.25) is 0 Å². The number of anilines is 1. The lowest BCUT2D eigenvalue weighted by Gasteiger charge is -2.31. The van der Waals surface area contributed by atoms with Crippen LogP contribution >= 0.6 is 15.9 Å². The van der Waals surface area contributed by atoms with E-state index in [1.165, 1.54) is 4.31 Å². The smallest absolute Gasteiger partial charge is 0.302 e. The van der Waals surface area contributed by atoms with Crippen molar-refractivity contribution < 1.29 is 8.42 Å². The van der Waals surface area contributed by atoms with Crippen LogP contribution in [0.2, 0.25) is 0 Å². The molecule has 1 aromatic heterocycles. The summed E-state index contributed by atoms with van der Waals surface area (Å²) < 4.78 is 29.1. The summed E-state index contributed by atoms with van der Waals surface area (Å²) in [5.41, 5.74) is 5.62. The van der Waals surface area contributed by atoms with Crippen LogP contribution in [0.25, 0.3) is 0 Å². The Hall–Kier alpha value is -0.700. The van der Waals surface area contributed by atoms with Crippen LogP contribution in [0, 0.1) is 5.92 Å². The molecular weight excluding hydrogens is 332 g/mol. The number of hydrogen-bond donors (Lipinski definition) is 2. The maximum Gasteiger partial charge on any atom is 0.302 e. The molecule has 19 heavy (non-hydrogen) atoms. The van der Waals surface area contributed by atoms with E-state index in [0.717, 1.165) is 12.8 Å². The van der Waals surface area contributed by atoms with Gasteiger partial charge >= 0.3 is 10.2 Å². The molecule has 0 saturated carbocycles. The summed E-state index contributed by atoms with van der Waals surface area (Å²) in [5, 5.41) is 0. The van der Waals surface area contributed by atoms with E-state index in [0.29, 0.717) is 29.9 Å². The highest BCUT2D eigenvalue weighted by atomic mass is 79.9. The van der Waals surface area contributed by atoms with E-state index in [1.807, 2.05) is 0 Å². The zero-order chi connectivity index (χ0) is 13.9. The van der Waals surface area contributed by atoms with Crippen LogP contribution in [0.3, 0.4) is 0 Å². The zero-order valence-electron chi connectivity index (χ0n) is 10.4. The van der Waals surface area contributed by atoms with Crippen LogP contribution in [0.1, 0.15) is 12.8 Å². The standard InChI is InChI=1S/C11H17BrN4O2S/c12-10-4-1-5-14-11(10)15-19(17,18)16-6-2-3-9(7-13)8-16/h1,4-5,9H,2-3,6-8,13H2,(H,14,15). The second kappa shape index (κ2) is 6.17. The van der Waals surface area contributed by atoms with E-state index in [2.05, 4.69) is 25.6 Å². The van der Waals surface area contributed by atoms with Gasteiger partial charge in [0.1, 0.15) is 0 Å². The Morgan fingerprint density at radius 1 is 1.58 bits per heavy atom. The van der Waals surface area contributed by atoms with E-state index < -0.39 is 10.2 Å². The molecule has 2 rings (SSSR count). The second-order valence-corrected chi connectivity index (χ2v) is 7.07. The average molecular weight is 349 g/mol. The van der Waals surface area contributed by atoms with E-state index in [1.54, 1.807) is 18.3 Å². The Labute approximate surface area is 121 Å². The summed E-state index contributed by atoms with van der Waals surface area (Å²) in [6.07, 6.45) is 3.36. The Morgan fingerprint density at radius 2 is 2.37 bits per heavy atom. The molecule has 1 fully saturated rings. The summed E-state index contributed by atoms with van der Waals surface area (Å²) >= 11 is 3.27. The van der Waals surface area contributed by atoms with Gasteiger partial charge in [-0.25, -0.2) is 4.98 Å². The number of rotatable bonds is 4. The van der Waals surface area contributed by atoms with Gasteiger partial charge in [0.25, 0.3) is 0 Å². The summed E-state index contributed by atoms with van der Waals surface area (Å²) in [7, 11) is -3.57. The van der Waals surface area contributed by atoms with Gasteiger partial charge in [-0.3, -0.25) is 4.72 Å². The molecule has 0 aromatic carbocycles. The summed E-state index contributed by atoms with van der Waals surface area (Å²) in [5.74, 6) is 0.537. The number of aromatic nitrogens is 1. The quantitative estimate of drug-likeness (QED) is 0.854. The maximum atomic E-state index is 12.3. The zero-order valence-corrected chi connectivity index (χ0v) is 12.8. The highest BCUT2D eigenvalue weighted by Crippen LogP contribution is 2.23. The van der Waals surface area contributed by atoms with Gasteiger partial charge in [-0.05, 0) is 53.4 Å². The topological polar surface area (TPSA) is 88.3 Å². The third kappa shape index (κ3) is 3.65. The molecule has 1 atom stereocenters. The van der Waals surface area contributed by atoms with Crippen molar-refractivity contribution in [3.8, 4) is 0 Å². The van der Waals surface area contributed by atoms with E-state index in [4.69, 9.17) is 5.73 Å². The fourth-order valence-corrected chi connectivity index (χ4v) is 3.88. The van der Waals surface area contributed by atoms with Crippen molar-refractivity contribution in [3.05, 3.63) is 22.8 Å². The number of halogens is 1. The van der Waals surface area contributed by atoms with Crippen LogP contribution in [-0.2, 0) is 10.2 Å². The molecule has 1 aliphatic rings. The van der Waals surface area contributed by atoms with E-state index >= 15 is 0 Å². The minimum absolute atomic E-state index is 0.234. The Morgan fingerprint density at radius 3 is 3.05 bits per heavy atom. The van der Waals surface area contributed by atoms with Crippen molar-refractivity contribution >= 4 is 32.0 Å². The number of pyridine rings is 1. The minimum Gasteiger partial charge on any atom is -0.330 e. The molecule has 0 spiro atoms. The number of piperidine rings is 1. The van der Waals surface area contributed by atoms with Gasteiger partial charge in [-0.2, -0.15) is 12.7 Å². The van der Waals surface area contributed by atoms with E-state index in [9.17, 15) is 8.42 Å². The van der Waals surface area contributed by atoms with Crippen LogP contribution in [0.5, 0.6) is 0 Å². The highest BCUT2D eigenvalue weighted by molar-refractivity contribution is 9.10. The third-order valence-corrected chi connectivity index (χ3v) is 5.24. The predicted octanol–water partition coefficient (Wildman–Crippen LogP) is 1.17. The normalized spacial score (nSPS) is 21.3. The first-order valence-electron chi connectivity index (χ1n) is 6.11. The minimum atomic E-state index is -3.57. The first-order chi connectivity index (χ1) is 9.03. The molecule has 0 aliphatic carbocycles. The molecule has 106 valence electrons. The third-order valence-electron chi connectivity index (χ3n) is 3.14. The van der Waals surface area contributed by atoms with Crippen LogP contribution in [0.15, 0.2) is 22.8 Å². The molecule has 0 radical (unpaired) electrons. The van der Waals surface area contributed by atoms with Crippen LogP contribution < -0.4 is 10.5 Å². The largest absolute Gasteiger partial charge is 0.330 e. The Bertz CT molecular complexity index is 537. The second-order valence-electron chi connectivity index (χ2n) is 4.54. The fraction of sp³-hybridized carbons (Fsp3) is 0.545. The van der Waals surface area contributed by atoms with Crippen molar-refractivity contribution in [3.63, 3.8) is 0 Å². The van der Waals surface area contributed by atoms with Crippen molar-refractivity contribution in [1.82, 2.24) is 9.29 Å². The highest BCUT2D eigenvalue weighted by Gasteiger charge is 2.28. The molecule has 0 amide bonds. The lowest BCUT2D eigenvalue weighted by Crippen LogP contribution is -2.44. The van der Waals surface area contributed by atoms with Gasteiger partial charge in [-0.1, -0.05) is 0 Å². The van der Waals surface area contributed by atoms with Crippen molar-refractivity contribution in [2.75, 3.05) is 24.4 Å². The molecular formula is C11H17BrN4O2S. The summed E-state index contributed by atoms with van der Waals surface area (Å²) in [6.45, 7) is 1.51. The summed E-state index contributed by atoms with van der Waals surface area (Å²) in [6, 6.07) is 3.47. The maximum absolute atomic E-state index is 12.3. The van der Waals surface area contributed by atoms with Gasteiger partial charge in [0.05, 0.1) is 4.47 Å². The molecule has 1 aliphatic heterocycles. The van der Waals surface area contributed by atoms with Crippen LogP contribution in [-0.4, -0.2) is 37.3 Å². The molecule has 1 saturated heterocycles. The molecule has 8 heteroatoms. The van der Waals surface area contributed by atoms with Gasteiger partial charge in [0.15, 0.2) is 5.82 Å². The van der Waals surface area contributed by atoms with Gasteiger partial charge < -0.3 is 5.73 Å². The van der Waals surface area contributed by atoms with E-state index in [-0.39, 0.29) is 5.92 Å². The fourth-order valence-electron chi connectivity index (χ4n) is 2.09. The van der Waals surface area contributed by atoms with Gasteiger partial charge in [0, 0.05) is 19.3 Å². The predicted molar refractivity (Wildman–Crippen MR) is 77.8 cm³/mol. The first-order valence-corrected chi connectivity index (χ1v) is 8.34. The number of nitrogens with one attached hydrogen (secondary N) is 1. The SMILES string of the molecule is NCC1CCCN(S(=O)(=O)Nc2ncccc2Br)C1. The number of nitrogens with zero attached hydrogens (tertiary/aromatic N) is 2. The average Bonchev–Trinajstić information content (AvgIpc) is 2.41. The molecule has 6 nitrogen and oxygen atoms in total.